The molecule has 0 spiro atoms. The predicted molar refractivity (Wildman–Crippen MR) is 96.6 cm³/mol. The topological polar surface area (TPSA) is 27.7 Å². The van der Waals surface area contributed by atoms with Gasteiger partial charge in [-0.2, -0.15) is 0 Å². The third kappa shape index (κ3) is 2.48. The average molecular weight is 340 g/mol. The van der Waals surface area contributed by atoms with Crippen molar-refractivity contribution in [3.05, 3.63) is 52.6 Å². The molecule has 1 atom stereocenters. The Labute approximate surface area is 147 Å². The second-order valence-corrected chi connectivity index (χ2v) is 6.37. The van der Waals surface area contributed by atoms with E-state index in [0.717, 1.165) is 28.2 Å². The summed E-state index contributed by atoms with van der Waals surface area (Å²) in [6, 6.07) is 0. The number of rotatable bonds is 2. The second kappa shape index (κ2) is 6.10. The van der Waals surface area contributed by atoms with Crippen molar-refractivity contribution in [3.8, 4) is 17.2 Å². The molecule has 130 valence electrons. The van der Waals surface area contributed by atoms with Crippen LogP contribution in [-0.4, -0.2) is 12.7 Å². The molecular formula is C21H21FO3. The fraction of sp³-hybridized carbons (Fsp3) is 0.333. The molecule has 0 aromatic heterocycles. The van der Waals surface area contributed by atoms with Crippen molar-refractivity contribution < 1.29 is 18.6 Å². The van der Waals surface area contributed by atoms with Gasteiger partial charge in [-0.3, -0.25) is 0 Å². The molecule has 1 unspecified atom stereocenters. The van der Waals surface area contributed by atoms with Crippen LogP contribution in [0.5, 0.6) is 17.2 Å². The van der Waals surface area contributed by atoms with Crippen molar-refractivity contribution in [1.82, 2.24) is 0 Å². The summed E-state index contributed by atoms with van der Waals surface area (Å²) in [5.74, 6) is 2.75. The van der Waals surface area contributed by atoms with Crippen molar-refractivity contribution in [1.29, 1.82) is 0 Å². The number of ether oxygens (including phenoxy) is 3. The van der Waals surface area contributed by atoms with Gasteiger partial charge in [0.25, 0.3) is 0 Å². The maximum Gasteiger partial charge on any atom is 0.145 e. The Balaban J connectivity index is 2.00. The van der Waals surface area contributed by atoms with E-state index < -0.39 is 0 Å². The molecule has 4 rings (SSSR count). The molecule has 3 aliphatic heterocycles. The van der Waals surface area contributed by atoms with E-state index >= 15 is 0 Å². The summed E-state index contributed by atoms with van der Waals surface area (Å²) in [5, 5.41) is 0. The normalized spacial score (nSPS) is 21.0. The monoisotopic (exact) mass is 340 g/mol. The highest BCUT2D eigenvalue weighted by atomic mass is 19.1. The van der Waals surface area contributed by atoms with Crippen LogP contribution in [0.15, 0.2) is 35.9 Å². The molecule has 0 saturated heterocycles. The smallest absolute Gasteiger partial charge is 0.145 e. The maximum absolute atomic E-state index is 14.5. The van der Waals surface area contributed by atoms with Crippen LogP contribution in [0, 0.1) is 0 Å². The number of hydrogen-bond donors (Lipinski definition) is 0. The quantitative estimate of drug-likeness (QED) is 0.679. The zero-order chi connectivity index (χ0) is 17.6. The second-order valence-electron chi connectivity index (χ2n) is 6.37. The Morgan fingerprint density at radius 2 is 2.12 bits per heavy atom. The van der Waals surface area contributed by atoms with Gasteiger partial charge in [0.05, 0.1) is 16.9 Å². The molecule has 1 aromatic rings. The van der Waals surface area contributed by atoms with Gasteiger partial charge in [0.15, 0.2) is 0 Å². The van der Waals surface area contributed by atoms with Crippen LogP contribution < -0.4 is 14.2 Å². The minimum absolute atomic E-state index is 0.0295. The van der Waals surface area contributed by atoms with Crippen LogP contribution in [0.4, 0.5) is 4.39 Å². The molecule has 0 saturated carbocycles. The van der Waals surface area contributed by atoms with E-state index in [4.69, 9.17) is 14.2 Å². The molecule has 0 aliphatic carbocycles. The molecule has 0 bridgehead atoms. The number of halogens is 1. The van der Waals surface area contributed by atoms with E-state index in [9.17, 15) is 4.39 Å². The summed E-state index contributed by atoms with van der Waals surface area (Å²) in [5.41, 5.74) is 3.25. The van der Waals surface area contributed by atoms with E-state index in [1.54, 1.807) is 0 Å². The first kappa shape index (κ1) is 16.0. The summed E-state index contributed by atoms with van der Waals surface area (Å²) in [4.78, 5) is 0. The summed E-state index contributed by atoms with van der Waals surface area (Å²) in [6.45, 7) is 5.81. The third-order valence-electron chi connectivity index (χ3n) is 4.76. The van der Waals surface area contributed by atoms with Crippen molar-refractivity contribution in [2.24, 2.45) is 0 Å². The zero-order valence-electron chi connectivity index (χ0n) is 14.7. The maximum atomic E-state index is 14.5. The molecule has 25 heavy (non-hydrogen) atoms. The SMILES string of the molecule is CC=CC1C=Cc2c3c(c4c(c2O1)C(CC)=C(F)CO4)CC=C(C)O3. The highest BCUT2D eigenvalue weighted by molar-refractivity contribution is 5.87. The van der Waals surface area contributed by atoms with Gasteiger partial charge in [0.2, 0.25) is 0 Å². The van der Waals surface area contributed by atoms with E-state index in [2.05, 4.69) is 0 Å². The van der Waals surface area contributed by atoms with Gasteiger partial charge in [-0.25, -0.2) is 4.39 Å². The molecule has 0 radical (unpaired) electrons. The third-order valence-corrected chi connectivity index (χ3v) is 4.76. The summed E-state index contributed by atoms with van der Waals surface area (Å²) in [7, 11) is 0. The molecule has 0 fully saturated rings. The Morgan fingerprint density at radius 3 is 2.88 bits per heavy atom. The Hall–Kier alpha value is -2.49. The highest BCUT2D eigenvalue weighted by Crippen LogP contribution is 2.53. The summed E-state index contributed by atoms with van der Waals surface area (Å²) >= 11 is 0. The first-order valence-corrected chi connectivity index (χ1v) is 8.69. The zero-order valence-corrected chi connectivity index (χ0v) is 14.7. The fourth-order valence-corrected chi connectivity index (χ4v) is 3.60. The molecule has 3 nitrogen and oxygen atoms in total. The molecule has 3 heterocycles. The van der Waals surface area contributed by atoms with Crippen LogP contribution in [0.2, 0.25) is 0 Å². The molecular weight excluding hydrogens is 319 g/mol. The summed E-state index contributed by atoms with van der Waals surface area (Å²) in [6.07, 6.45) is 11.1. The molecule has 3 aliphatic rings. The largest absolute Gasteiger partial charge is 0.485 e. The lowest BCUT2D eigenvalue weighted by Crippen LogP contribution is -2.21. The lowest BCUT2D eigenvalue weighted by Gasteiger charge is -2.32. The molecule has 1 aromatic carbocycles. The van der Waals surface area contributed by atoms with E-state index in [-0.39, 0.29) is 18.5 Å². The number of allylic oxidation sites excluding steroid dienone is 4. The molecule has 0 amide bonds. The van der Waals surface area contributed by atoms with E-state index in [1.807, 2.05) is 51.2 Å². The first-order chi connectivity index (χ1) is 12.1. The number of hydrogen-bond acceptors (Lipinski definition) is 3. The van der Waals surface area contributed by atoms with Crippen LogP contribution >= 0.6 is 0 Å². The number of benzene rings is 1. The van der Waals surface area contributed by atoms with E-state index in [1.165, 1.54) is 0 Å². The standard InChI is InChI=1S/C21H21FO3/c1-4-6-13-8-10-16-19-15(9-7-12(3)24-19)20-18(21(16)25-13)14(5-2)17(22)11-23-20/h4,6-8,10,13H,5,9,11H2,1-3H3. The minimum Gasteiger partial charge on any atom is -0.485 e. The van der Waals surface area contributed by atoms with Gasteiger partial charge in [-0.1, -0.05) is 13.0 Å². The van der Waals surface area contributed by atoms with Gasteiger partial charge in [0.1, 0.15) is 35.8 Å². The van der Waals surface area contributed by atoms with Crippen LogP contribution in [0.25, 0.3) is 11.6 Å². The van der Waals surface area contributed by atoms with Crippen LogP contribution in [-0.2, 0) is 6.42 Å². The van der Waals surface area contributed by atoms with E-state index in [0.29, 0.717) is 29.9 Å². The van der Waals surface area contributed by atoms with Gasteiger partial charge < -0.3 is 14.2 Å². The Morgan fingerprint density at radius 1 is 1.28 bits per heavy atom. The lowest BCUT2D eigenvalue weighted by atomic mass is 9.89. The Bertz CT molecular complexity index is 859. The first-order valence-electron chi connectivity index (χ1n) is 8.69. The van der Waals surface area contributed by atoms with Crippen molar-refractivity contribution in [3.63, 3.8) is 0 Å². The van der Waals surface area contributed by atoms with Crippen LogP contribution in [0.3, 0.4) is 0 Å². The average Bonchev–Trinajstić information content (AvgIpc) is 2.62. The van der Waals surface area contributed by atoms with Crippen molar-refractivity contribution >= 4 is 11.6 Å². The minimum atomic E-state index is -0.221. The molecule has 0 N–H and O–H groups in total. The Kier molecular flexibility index (Phi) is 3.91. The predicted octanol–water partition coefficient (Wildman–Crippen LogP) is 5.36. The van der Waals surface area contributed by atoms with Gasteiger partial charge in [-0.05, 0) is 44.6 Å². The number of fused-ring (bicyclic) bond motifs is 6. The van der Waals surface area contributed by atoms with Gasteiger partial charge in [-0.15, -0.1) is 0 Å². The highest BCUT2D eigenvalue weighted by Gasteiger charge is 2.34. The fourth-order valence-electron chi connectivity index (χ4n) is 3.60. The van der Waals surface area contributed by atoms with Crippen molar-refractivity contribution in [2.75, 3.05) is 6.61 Å². The van der Waals surface area contributed by atoms with Gasteiger partial charge in [0, 0.05) is 17.6 Å². The van der Waals surface area contributed by atoms with Gasteiger partial charge >= 0.3 is 0 Å². The summed E-state index contributed by atoms with van der Waals surface area (Å²) < 4.78 is 32.5. The molecule has 4 heteroatoms. The lowest BCUT2D eigenvalue weighted by molar-refractivity contribution is 0.273. The van der Waals surface area contributed by atoms with Crippen molar-refractivity contribution in [2.45, 2.75) is 39.7 Å². The van der Waals surface area contributed by atoms with Crippen LogP contribution in [0.1, 0.15) is 43.9 Å².